The van der Waals surface area contributed by atoms with E-state index in [2.05, 4.69) is 25.9 Å². The number of nitrogens with zero attached hydrogens (tertiary/aromatic N) is 1. The van der Waals surface area contributed by atoms with E-state index in [0.29, 0.717) is 22.9 Å². The average molecular weight is 349 g/mol. The molecular weight excluding hydrogens is 336 g/mol. The minimum atomic E-state index is 0.163. The van der Waals surface area contributed by atoms with Gasteiger partial charge in [0.1, 0.15) is 11.6 Å². The summed E-state index contributed by atoms with van der Waals surface area (Å²) in [5, 5.41) is 9.98. The highest BCUT2D eigenvalue weighted by Crippen LogP contribution is 2.35. The molecule has 21 heavy (non-hydrogen) atoms. The molecule has 0 fully saturated rings. The molecule has 3 rings (SSSR count). The molecule has 3 aromatic rings. The van der Waals surface area contributed by atoms with Crippen molar-refractivity contribution in [2.75, 3.05) is 14.2 Å². The van der Waals surface area contributed by atoms with Crippen molar-refractivity contribution >= 4 is 27.0 Å². The second-order valence-corrected chi connectivity index (χ2v) is 5.39. The van der Waals surface area contributed by atoms with Crippen molar-refractivity contribution in [2.24, 2.45) is 0 Å². The molecule has 6 heteroatoms. The summed E-state index contributed by atoms with van der Waals surface area (Å²) in [7, 11) is 3.17. The van der Waals surface area contributed by atoms with E-state index < -0.39 is 0 Å². The first-order chi connectivity index (χ1) is 10.1. The number of ether oxygens (including phenoxy) is 2. The standard InChI is InChI=1S/C15H13BrN2O3/c1-20-13-6-10-11(7-14(13)21-2)18-15(17-10)9-5-8(16)3-4-12(9)19/h3-7,19H,1-2H3,(H,17,18). The molecule has 0 aliphatic rings. The van der Waals surface area contributed by atoms with E-state index >= 15 is 0 Å². The van der Waals surface area contributed by atoms with Crippen LogP contribution in [0.2, 0.25) is 0 Å². The Kier molecular flexibility index (Phi) is 3.47. The van der Waals surface area contributed by atoms with Gasteiger partial charge in [-0.3, -0.25) is 0 Å². The number of nitrogens with one attached hydrogen (secondary N) is 1. The lowest BCUT2D eigenvalue weighted by atomic mass is 10.2. The van der Waals surface area contributed by atoms with Crippen LogP contribution in [0.1, 0.15) is 0 Å². The van der Waals surface area contributed by atoms with Crippen LogP contribution in [0.5, 0.6) is 17.2 Å². The Labute approximate surface area is 129 Å². The van der Waals surface area contributed by atoms with Crippen molar-refractivity contribution in [2.45, 2.75) is 0 Å². The molecule has 1 aromatic heterocycles. The summed E-state index contributed by atoms with van der Waals surface area (Å²) in [6.45, 7) is 0. The summed E-state index contributed by atoms with van der Waals surface area (Å²) in [5.41, 5.74) is 2.17. The lowest BCUT2D eigenvalue weighted by Crippen LogP contribution is -1.89. The Hall–Kier alpha value is -2.21. The lowest BCUT2D eigenvalue weighted by molar-refractivity contribution is 0.356. The molecule has 0 atom stereocenters. The zero-order valence-electron chi connectivity index (χ0n) is 11.5. The van der Waals surface area contributed by atoms with Crippen molar-refractivity contribution in [3.63, 3.8) is 0 Å². The minimum absolute atomic E-state index is 0.163. The van der Waals surface area contributed by atoms with Gasteiger partial charge >= 0.3 is 0 Å². The molecule has 0 bridgehead atoms. The molecule has 0 aliphatic heterocycles. The smallest absolute Gasteiger partial charge is 0.163 e. The van der Waals surface area contributed by atoms with Crippen LogP contribution in [0, 0.1) is 0 Å². The molecule has 2 N–H and O–H groups in total. The van der Waals surface area contributed by atoms with Gasteiger partial charge in [0.15, 0.2) is 11.5 Å². The molecule has 108 valence electrons. The molecule has 2 aromatic carbocycles. The average Bonchev–Trinajstić information content (AvgIpc) is 2.90. The van der Waals surface area contributed by atoms with Gasteiger partial charge in [0.25, 0.3) is 0 Å². The van der Waals surface area contributed by atoms with Crippen LogP contribution in [-0.2, 0) is 0 Å². The molecule has 0 amide bonds. The third-order valence-electron chi connectivity index (χ3n) is 3.20. The number of aromatic nitrogens is 2. The third-order valence-corrected chi connectivity index (χ3v) is 3.69. The summed E-state index contributed by atoms with van der Waals surface area (Å²) in [5.74, 6) is 1.98. The fourth-order valence-corrected chi connectivity index (χ4v) is 2.52. The number of benzene rings is 2. The number of H-pyrrole nitrogens is 1. The Morgan fingerprint density at radius 3 is 2.52 bits per heavy atom. The molecule has 0 saturated heterocycles. The highest BCUT2D eigenvalue weighted by molar-refractivity contribution is 9.10. The first-order valence-corrected chi connectivity index (χ1v) is 7.02. The SMILES string of the molecule is COc1cc2nc(-c3cc(Br)ccc3O)[nH]c2cc1OC. The highest BCUT2D eigenvalue weighted by atomic mass is 79.9. The van der Waals surface area contributed by atoms with Crippen LogP contribution in [0.15, 0.2) is 34.8 Å². The zero-order valence-corrected chi connectivity index (χ0v) is 13.1. The van der Waals surface area contributed by atoms with Crippen LogP contribution < -0.4 is 9.47 Å². The number of halogens is 1. The van der Waals surface area contributed by atoms with Crippen molar-refractivity contribution in [1.82, 2.24) is 9.97 Å². The second-order valence-electron chi connectivity index (χ2n) is 4.47. The van der Waals surface area contributed by atoms with Gasteiger partial charge < -0.3 is 19.6 Å². The van der Waals surface area contributed by atoms with E-state index in [-0.39, 0.29) is 5.75 Å². The van der Waals surface area contributed by atoms with E-state index in [1.54, 1.807) is 32.4 Å². The molecule has 0 radical (unpaired) electrons. The van der Waals surface area contributed by atoms with Crippen LogP contribution >= 0.6 is 15.9 Å². The maximum absolute atomic E-state index is 9.98. The number of aromatic hydroxyl groups is 1. The topological polar surface area (TPSA) is 67.4 Å². The largest absolute Gasteiger partial charge is 0.507 e. The second kappa shape index (κ2) is 5.29. The molecule has 1 heterocycles. The fourth-order valence-electron chi connectivity index (χ4n) is 2.16. The van der Waals surface area contributed by atoms with Gasteiger partial charge in [-0.25, -0.2) is 4.98 Å². The number of imidazole rings is 1. The Morgan fingerprint density at radius 2 is 1.81 bits per heavy atom. The number of phenolic OH excluding ortho intramolecular Hbond substituents is 1. The van der Waals surface area contributed by atoms with Crippen LogP contribution in [0.4, 0.5) is 0 Å². The van der Waals surface area contributed by atoms with Gasteiger partial charge in [-0.2, -0.15) is 0 Å². The van der Waals surface area contributed by atoms with Gasteiger partial charge in [0.2, 0.25) is 0 Å². The predicted molar refractivity (Wildman–Crippen MR) is 84.0 cm³/mol. The first kappa shape index (κ1) is 13.8. The van der Waals surface area contributed by atoms with Crippen LogP contribution in [0.25, 0.3) is 22.4 Å². The monoisotopic (exact) mass is 348 g/mol. The summed E-state index contributed by atoms with van der Waals surface area (Å²) in [4.78, 5) is 7.68. The van der Waals surface area contributed by atoms with Crippen molar-refractivity contribution in [1.29, 1.82) is 0 Å². The summed E-state index contributed by atoms with van der Waals surface area (Å²) >= 11 is 3.39. The van der Waals surface area contributed by atoms with Crippen LogP contribution in [-0.4, -0.2) is 29.3 Å². The molecule has 0 saturated carbocycles. The molecule has 0 spiro atoms. The van der Waals surface area contributed by atoms with Crippen molar-refractivity contribution in [3.8, 4) is 28.6 Å². The Morgan fingerprint density at radius 1 is 1.10 bits per heavy atom. The summed E-state index contributed by atoms with van der Waals surface area (Å²) in [6, 6.07) is 8.81. The Balaban J connectivity index is 2.19. The zero-order chi connectivity index (χ0) is 15.0. The van der Waals surface area contributed by atoms with Crippen LogP contribution in [0.3, 0.4) is 0 Å². The van der Waals surface area contributed by atoms with E-state index in [4.69, 9.17) is 9.47 Å². The number of aromatic amines is 1. The van der Waals surface area contributed by atoms with Gasteiger partial charge in [0, 0.05) is 16.6 Å². The van der Waals surface area contributed by atoms with Gasteiger partial charge in [-0.15, -0.1) is 0 Å². The molecule has 0 unspecified atom stereocenters. The number of phenols is 1. The number of hydrogen-bond acceptors (Lipinski definition) is 4. The number of methoxy groups -OCH3 is 2. The minimum Gasteiger partial charge on any atom is -0.507 e. The lowest BCUT2D eigenvalue weighted by Gasteiger charge is -2.06. The summed E-state index contributed by atoms with van der Waals surface area (Å²) in [6.07, 6.45) is 0. The van der Waals surface area contributed by atoms with E-state index in [0.717, 1.165) is 15.5 Å². The Bertz CT molecular complexity index is 773. The maximum atomic E-state index is 9.98. The van der Waals surface area contributed by atoms with Crippen molar-refractivity contribution in [3.05, 3.63) is 34.8 Å². The quantitative estimate of drug-likeness (QED) is 0.756. The van der Waals surface area contributed by atoms with Crippen molar-refractivity contribution < 1.29 is 14.6 Å². The number of hydrogen-bond donors (Lipinski definition) is 2. The predicted octanol–water partition coefficient (Wildman–Crippen LogP) is 3.72. The van der Waals surface area contributed by atoms with Gasteiger partial charge in [0.05, 0.1) is 30.8 Å². The van der Waals surface area contributed by atoms with Gasteiger partial charge in [-0.1, -0.05) is 15.9 Å². The number of rotatable bonds is 3. The number of fused-ring (bicyclic) bond motifs is 1. The molecule has 0 aliphatic carbocycles. The summed E-state index contributed by atoms with van der Waals surface area (Å²) < 4.78 is 11.4. The van der Waals surface area contributed by atoms with E-state index in [1.807, 2.05) is 12.1 Å². The molecular formula is C15H13BrN2O3. The first-order valence-electron chi connectivity index (χ1n) is 6.23. The maximum Gasteiger partial charge on any atom is 0.163 e. The highest BCUT2D eigenvalue weighted by Gasteiger charge is 2.13. The van der Waals surface area contributed by atoms with E-state index in [9.17, 15) is 5.11 Å². The fraction of sp³-hybridized carbons (Fsp3) is 0.133. The van der Waals surface area contributed by atoms with E-state index in [1.165, 1.54) is 0 Å². The third kappa shape index (κ3) is 2.42. The van der Waals surface area contributed by atoms with Gasteiger partial charge in [-0.05, 0) is 18.2 Å². The normalized spacial score (nSPS) is 10.8. The molecule has 5 nitrogen and oxygen atoms in total.